The van der Waals surface area contributed by atoms with Gasteiger partial charge in [-0.1, -0.05) is 26.8 Å². The van der Waals surface area contributed by atoms with E-state index in [0.29, 0.717) is 11.5 Å². The molecule has 3 heteroatoms. The Hall–Kier alpha value is -1.14. The molecule has 0 saturated carbocycles. The van der Waals surface area contributed by atoms with Crippen molar-refractivity contribution in [1.29, 1.82) is 5.26 Å². The minimum Gasteiger partial charge on any atom is -0.374 e. The fourth-order valence-corrected chi connectivity index (χ4v) is 2.52. The van der Waals surface area contributed by atoms with Gasteiger partial charge in [0.05, 0.1) is 11.6 Å². The number of hydrogen-bond donors (Lipinski definition) is 1. The molecule has 0 spiro atoms. The van der Waals surface area contributed by atoms with Crippen LogP contribution < -0.4 is 4.90 Å². The summed E-state index contributed by atoms with van der Waals surface area (Å²) < 4.78 is 0. The van der Waals surface area contributed by atoms with Crippen LogP contribution in [0.2, 0.25) is 0 Å². The molecule has 0 heterocycles. The number of benzene rings is 1. The van der Waals surface area contributed by atoms with Crippen LogP contribution in [0.1, 0.15) is 26.3 Å². The third-order valence-corrected chi connectivity index (χ3v) is 3.80. The summed E-state index contributed by atoms with van der Waals surface area (Å²) in [5, 5.41) is 8.92. The van der Waals surface area contributed by atoms with Gasteiger partial charge in [0, 0.05) is 19.3 Å². The van der Waals surface area contributed by atoms with E-state index >= 15 is 0 Å². The maximum absolute atomic E-state index is 8.92. The summed E-state index contributed by atoms with van der Waals surface area (Å²) in [6, 6.07) is 9.91. The molecule has 18 heavy (non-hydrogen) atoms. The van der Waals surface area contributed by atoms with Crippen molar-refractivity contribution in [2.24, 2.45) is 11.3 Å². The zero-order chi connectivity index (χ0) is 13.8. The van der Waals surface area contributed by atoms with Gasteiger partial charge >= 0.3 is 0 Å². The van der Waals surface area contributed by atoms with Gasteiger partial charge in [0.25, 0.3) is 0 Å². The SMILES string of the molecule is CN(CC(CS)C(C)(C)C)c1cccc(C#N)c1. The van der Waals surface area contributed by atoms with Crippen LogP contribution in [0.5, 0.6) is 0 Å². The zero-order valence-electron chi connectivity index (χ0n) is 11.6. The molecule has 1 aromatic rings. The highest BCUT2D eigenvalue weighted by molar-refractivity contribution is 7.80. The average molecular weight is 262 g/mol. The van der Waals surface area contributed by atoms with Crippen molar-refractivity contribution in [3.8, 4) is 6.07 Å². The molecule has 1 unspecified atom stereocenters. The Balaban J connectivity index is 2.81. The van der Waals surface area contributed by atoms with E-state index in [-0.39, 0.29) is 5.41 Å². The van der Waals surface area contributed by atoms with E-state index in [1.807, 2.05) is 24.3 Å². The van der Waals surface area contributed by atoms with Crippen LogP contribution in [-0.2, 0) is 0 Å². The topological polar surface area (TPSA) is 27.0 Å². The minimum atomic E-state index is 0.239. The monoisotopic (exact) mass is 262 g/mol. The smallest absolute Gasteiger partial charge is 0.0992 e. The van der Waals surface area contributed by atoms with Crippen LogP contribution in [0.3, 0.4) is 0 Å². The lowest BCUT2D eigenvalue weighted by Gasteiger charge is -2.34. The summed E-state index contributed by atoms with van der Waals surface area (Å²) in [5.74, 6) is 1.38. The van der Waals surface area contributed by atoms with Crippen molar-refractivity contribution in [2.75, 3.05) is 24.2 Å². The minimum absolute atomic E-state index is 0.239. The highest BCUT2D eigenvalue weighted by Crippen LogP contribution is 2.28. The van der Waals surface area contributed by atoms with Crippen LogP contribution in [0.4, 0.5) is 5.69 Å². The van der Waals surface area contributed by atoms with Crippen molar-refractivity contribution in [1.82, 2.24) is 0 Å². The molecule has 0 saturated heterocycles. The van der Waals surface area contributed by atoms with E-state index in [0.717, 1.165) is 18.0 Å². The van der Waals surface area contributed by atoms with Gasteiger partial charge in [0.2, 0.25) is 0 Å². The number of nitriles is 1. The standard InChI is InChI=1S/C15H22N2S/c1-15(2,3)13(11-18)10-17(4)14-7-5-6-12(8-14)9-16/h5-8,13,18H,10-11H2,1-4H3. The summed E-state index contributed by atoms with van der Waals surface area (Å²) >= 11 is 4.46. The van der Waals surface area contributed by atoms with Gasteiger partial charge < -0.3 is 4.90 Å². The van der Waals surface area contributed by atoms with Crippen LogP contribution in [0, 0.1) is 22.7 Å². The Morgan fingerprint density at radius 3 is 2.56 bits per heavy atom. The summed E-state index contributed by atoms with van der Waals surface area (Å²) in [4.78, 5) is 2.20. The fourth-order valence-electron chi connectivity index (χ4n) is 1.85. The Morgan fingerprint density at radius 1 is 1.39 bits per heavy atom. The van der Waals surface area contributed by atoms with Gasteiger partial charge in [0.1, 0.15) is 0 Å². The zero-order valence-corrected chi connectivity index (χ0v) is 12.5. The van der Waals surface area contributed by atoms with Gasteiger partial charge in [-0.05, 0) is 35.3 Å². The van der Waals surface area contributed by atoms with Crippen molar-refractivity contribution in [3.05, 3.63) is 29.8 Å². The summed E-state index contributed by atoms with van der Waals surface area (Å²) in [5.41, 5.74) is 2.03. The van der Waals surface area contributed by atoms with Crippen molar-refractivity contribution in [2.45, 2.75) is 20.8 Å². The van der Waals surface area contributed by atoms with Crippen molar-refractivity contribution < 1.29 is 0 Å². The molecule has 0 radical (unpaired) electrons. The fraction of sp³-hybridized carbons (Fsp3) is 0.533. The second-order valence-electron chi connectivity index (χ2n) is 5.79. The molecular weight excluding hydrogens is 240 g/mol. The summed E-state index contributed by atoms with van der Waals surface area (Å²) in [6.45, 7) is 7.68. The molecule has 1 rings (SSSR count). The Morgan fingerprint density at radius 2 is 2.06 bits per heavy atom. The van der Waals surface area contributed by atoms with Gasteiger partial charge in [-0.25, -0.2) is 0 Å². The van der Waals surface area contributed by atoms with Crippen LogP contribution in [-0.4, -0.2) is 19.3 Å². The van der Waals surface area contributed by atoms with Crippen molar-refractivity contribution in [3.63, 3.8) is 0 Å². The Kier molecular flexibility index (Phi) is 5.10. The lowest BCUT2D eigenvalue weighted by atomic mass is 9.81. The largest absolute Gasteiger partial charge is 0.374 e. The molecule has 0 aliphatic heterocycles. The van der Waals surface area contributed by atoms with Crippen LogP contribution in [0.25, 0.3) is 0 Å². The van der Waals surface area contributed by atoms with Crippen molar-refractivity contribution >= 4 is 18.3 Å². The molecular formula is C15H22N2S. The first-order chi connectivity index (χ1) is 8.38. The quantitative estimate of drug-likeness (QED) is 0.840. The maximum atomic E-state index is 8.92. The highest BCUT2D eigenvalue weighted by atomic mass is 32.1. The van der Waals surface area contributed by atoms with Gasteiger partial charge in [-0.3, -0.25) is 0 Å². The molecule has 0 amide bonds. The van der Waals surface area contributed by atoms with E-state index in [1.165, 1.54) is 0 Å². The van der Waals surface area contributed by atoms with Gasteiger partial charge in [-0.15, -0.1) is 0 Å². The molecule has 1 aromatic carbocycles. The van der Waals surface area contributed by atoms with Crippen LogP contribution >= 0.6 is 12.6 Å². The van der Waals surface area contributed by atoms with Crippen LogP contribution in [0.15, 0.2) is 24.3 Å². The maximum Gasteiger partial charge on any atom is 0.0992 e. The van der Waals surface area contributed by atoms with E-state index < -0.39 is 0 Å². The average Bonchev–Trinajstić information content (AvgIpc) is 2.34. The first-order valence-electron chi connectivity index (χ1n) is 6.20. The Bertz CT molecular complexity index is 429. The third-order valence-electron chi connectivity index (χ3n) is 3.36. The lowest BCUT2D eigenvalue weighted by Crippen LogP contribution is -2.34. The lowest BCUT2D eigenvalue weighted by molar-refractivity contribution is 0.272. The van der Waals surface area contributed by atoms with Gasteiger partial charge in [0.15, 0.2) is 0 Å². The predicted octanol–water partition coefficient (Wildman–Crippen LogP) is 3.59. The molecule has 0 N–H and O–H groups in total. The number of hydrogen-bond acceptors (Lipinski definition) is 3. The number of anilines is 1. The number of nitrogens with zero attached hydrogens (tertiary/aromatic N) is 2. The van der Waals surface area contributed by atoms with Gasteiger partial charge in [-0.2, -0.15) is 17.9 Å². The summed E-state index contributed by atoms with van der Waals surface area (Å²) in [7, 11) is 2.07. The number of thiol groups is 1. The number of rotatable bonds is 4. The summed E-state index contributed by atoms with van der Waals surface area (Å²) in [6.07, 6.45) is 0. The molecule has 2 nitrogen and oxygen atoms in total. The first kappa shape index (κ1) is 14.9. The molecule has 0 fully saturated rings. The normalized spacial score (nSPS) is 12.9. The van der Waals surface area contributed by atoms with E-state index in [9.17, 15) is 0 Å². The predicted molar refractivity (Wildman–Crippen MR) is 81.2 cm³/mol. The highest BCUT2D eigenvalue weighted by Gasteiger charge is 2.24. The van der Waals surface area contributed by atoms with E-state index in [2.05, 4.69) is 51.4 Å². The van der Waals surface area contributed by atoms with E-state index in [1.54, 1.807) is 0 Å². The second kappa shape index (κ2) is 6.15. The molecule has 0 aromatic heterocycles. The molecule has 0 aliphatic rings. The molecule has 0 aliphatic carbocycles. The molecule has 98 valence electrons. The molecule has 1 atom stereocenters. The van der Waals surface area contributed by atoms with E-state index in [4.69, 9.17) is 5.26 Å². The molecule has 0 bridgehead atoms. The first-order valence-corrected chi connectivity index (χ1v) is 6.84. The second-order valence-corrected chi connectivity index (χ2v) is 6.15. The Labute approximate surface area is 116 Å². The third kappa shape index (κ3) is 3.96.